The summed E-state index contributed by atoms with van der Waals surface area (Å²) in [6.45, 7) is 1.97. The van der Waals surface area contributed by atoms with Crippen LogP contribution in [0.3, 0.4) is 0 Å². The standard InChI is InChI=1S/C17H21O2S/c1-13(18-2)19-15-10-11-20(12-15)17-9-5-7-14-6-3-4-8-16(14)17/h3-9,13,15H,10-12H2,1-2H3/q+1. The van der Waals surface area contributed by atoms with Crippen molar-refractivity contribution < 1.29 is 9.47 Å². The van der Waals surface area contributed by atoms with Crippen molar-refractivity contribution >= 4 is 21.7 Å². The lowest BCUT2D eigenvalue weighted by Gasteiger charge is -2.14. The summed E-state index contributed by atoms with van der Waals surface area (Å²) in [5.41, 5.74) is 0. The second kappa shape index (κ2) is 6.17. The first-order valence-corrected chi connectivity index (χ1v) is 8.67. The Balaban J connectivity index is 1.79. The molecular formula is C17H21O2S+. The topological polar surface area (TPSA) is 18.5 Å². The van der Waals surface area contributed by atoms with Gasteiger partial charge in [-0.3, -0.25) is 0 Å². The van der Waals surface area contributed by atoms with Crippen molar-refractivity contribution in [1.82, 2.24) is 0 Å². The molecule has 0 N–H and O–H groups in total. The molecule has 0 amide bonds. The molecule has 1 heterocycles. The molecular weight excluding hydrogens is 268 g/mol. The van der Waals surface area contributed by atoms with Gasteiger partial charge < -0.3 is 9.47 Å². The summed E-state index contributed by atoms with van der Waals surface area (Å²) in [4.78, 5) is 1.50. The fraction of sp³-hybridized carbons (Fsp3) is 0.412. The number of hydrogen-bond donors (Lipinski definition) is 0. The molecule has 3 atom stereocenters. The highest BCUT2D eigenvalue weighted by atomic mass is 32.2. The Morgan fingerprint density at radius 3 is 2.80 bits per heavy atom. The second-order valence-corrected chi connectivity index (χ2v) is 7.36. The van der Waals surface area contributed by atoms with Gasteiger partial charge in [0, 0.05) is 29.8 Å². The maximum Gasteiger partial charge on any atom is 0.162 e. The highest BCUT2D eigenvalue weighted by Gasteiger charge is 2.37. The average Bonchev–Trinajstić information content (AvgIpc) is 2.94. The summed E-state index contributed by atoms with van der Waals surface area (Å²) in [5.74, 6) is 2.36. The predicted molar refractivity (Wildman–Crippen MR) is 85.3 cm³/mol. The first-order chi connectivity index (χ1) is 9.78. The number of hydrogen-bond acceptors (Lipinski definition) is 2. The summed E-state index contributed by atoms with van der Waals surface area (Å²) >= 11 is 0. The van der Waals surface area contributed by atoms with Gasteiger partial charge in [0.2, 0.25) is 0 Å². The van der Waals surface area contributed by atoms with E-state index in [1.54, 1.807) is 7.11 Å². The van der Waals surface area contributed by atoms with Gasteiger partial charge in [0.25, 0.3) is 0 Å². The van der Waals surface area contributed by atoms with Crippen LogP contribution >= 0.6 is 0 Å². The van der Waals surface area contributed by atoms with Gasteiger partial charge in [0.1, 0.15) is 17.6 Å². The Bertz CT molecular complexity index is 579. The number of benzene rings is 2. The number of ether oxygens (including phenoxy) is 2. The summed E-state index contributed by atoms with van der Waals surface area (Å²) in [7, 11) is 2.00. The van der Waals surface area contributed by atoms with Crippen molar-refractivity contribution in [2.45, 2.75) is 30.6 Å². The van der Waals surface area contributed by atoms with E-state index in [4.69, 9.17) is 9.47 Å². The number of methoxy groups -OCH3 is 1. The van der Waals surface area contributed by atoms with E-state index >= 15 is 0 Å². The molecule has 1 fully saturated rings. The lowest BCUT2D eigenvalue weighted by atomic mass is 10.1. The van der Waals surface area contributed by atoms with Gasteiger partial charge in [0.15, 0.2) is 11.2 Å². The van der Waals surface area contributed by atoms with Gasteiger partial charge >= 0.3 is 0 Å². The van der Waals surface area contributed by atoms with Crippen LogP contribution in [0, 0.1) is 0 Å². The van der Waals surface area contributed by atoms with Crippen LogP contribution in [0.5, 0.6) is 0 Å². The van der Waals surface area contributed by atoms with Crippen LogP contribution in [0.4, 0.5) is 0 Å². The molecule has 0 aliphatic carbocycles. The molecule has 1 saturated heterocycles. The van der Waals surface area contributed by atoms with E-state index in [-0.39, 0.29) is 6.29 Å². The van der Waals surface area contributed by atoms with E-state index in [0.29, 0.717) is 17.0 Å². The largest absolute Gasteiger partial charge is 0.356 e. The molecule has 106 valence electrons. The zero-order valence-corrected chi connectivity index (χ0v) is 12.9. The van der Waals surface area contributed by atoms with Crippen LogP contribution in [0.1, 0.15) is 13.3 Å². The van der Waals surface area contributed by atoms with E-state index in [1.165, 1.54) is 21.4 Å². The molecule has 3 rings (SSSR count). The Kier molecular flexibility index (Phi) is 4.29. The molecule has 0 saturated carbocycles. The Hall–Kier alpha value is -1.03. The average molecular weight is 289 g/mol. The molecule has 2 aromatic carbocycles. The third kappa shape index (κ3) is 2.85. The highest BCUT2D eigenvalue weighted by molar-refractivity contribution is 7.97. The third-order valence-electron chi connectivity index (χ3n) is 3.85. The fourth-order valence-corrected chi connectivity index (χ4v) is 5.32. The SMILES string of the molecule is COC(C)OC1CC[S+](c2cccc3ccccc23)C1. The van der Waals surface area contributed by atoms with Crippen LogP contribution in [-0.2, 0) is 20.4 Å². The molecule has 0 radical (unpaired) electrons. The van der Waals surface area contributed by atoms with Crippen LogP contribution in [0.2, 0.25) is 0 Å². The van der Waals surface area contributed by atoms with Crippen molar-refractivity contribution in [1.29, 1.82) is 0 Å². The van der Waals surface area contributed by atoms with E-state index in [0.717, 1.165) is 12.2 Å². The van der Waals surface area contributed by atoms with Crippen molar-refractivity contribution in [3.8, 4) is 0 Å². The van der Waals surface area contributed by atoms with Crippen LogP contribution in [-0.4, -0.2) is 31.0 Å². The quantitative estimate of drug-likeness (QED) is 0.632. The molecule has 0 bridgehead atoms. The van der Waals surface area contributed by atoms with E-state index < -0.39 is 0 Å². The normalized spacial score (nSPS) is 24.1. The predicted octanol–water partition coefficient (Wildman–Crippen LogP) is 3.60. The highest BCUT2D eigenvalue weighted by Crippen LogP contribution is 2.31. The first kappa shape index (κ1) is 13.9. The second-order valence-electron chi connectivity index (χ2n) is 5.19. The summed E-state index contributed by atoms with van der Waals surface area (Å²) in [6, 6.07) is 15.3. The Morgan fingerprint density at radius 2 is 1.95 bits per heavy atom. The van der Waals surface area contributed by atoms with Crippen molar-refractivity contribution in [3.05, 3.63) is 42.5 Å². The van der Waals surface area contributed by atoms with Gasteiger partial charge in [-0.25, -0.2) is 0 Å². The van der Waals surface area contributed by atoms with Crippen LogP contribution < -0.4 is 0 Å². The van der Waals surface area contributed by atoms with E-state index in [2.05, 4.69) is 42.5 Å². The smallest absolute Gasteiger partial charge is 0.162 e. The molecule has 2 aromatic rings. The number of rotatable bonds is 4. The molecule has 3 unspecified atom stereocenters. The van der Waals surface area contributed by atoms with Gasteiger partial charge in [-0.1, -0.05) is 30.3 Å². The molecule has 0 spiro atoms. The monoisotopic (exact) mass is 289 g/mol. The summed E-state index contributed by atoms with van der Waals surface area (Å²) < 4.78 is 11.1. The maximum atomic E-state index is 5.91. The molecule has 2 nitrogen and oxygen atoms in total. The van der Waals surface area contributed by atoms with E-state index in [9.17, 15) is 0 Å². The fourth-order valence-electron chi connectivity index (χ4n) is 2.75. The molecule has 20 heavy (non-hydrogen) atoms. The zero-order valence-electron chi connectivity index (χ0n) is 12.0. The van der Waals surface area contributed by atoms with Gasteiger partial charge in [-0.2, -0.15) is 0 Å². The van der Waals surface area contributed by atoms with Crippen LogP contribution in [0.25, 0.3) is 10.8 Å². The lowest BCUT2D eigenvalue weighted by molar-refractivity contribution is -0.136. The Labute approximate surface area is 123 Å². The van der Waals surface area contributed by atoms with Crippen molar-refractivity contribution in [3.63, 3.8) is 0 Å². The lowest BCUT2D eigenvalue weighted by Crippen LogP contribution is -2.22. The molecule has 1 aliphatic heterocycles. The third-order valence-corrected chi connectivity index (χ3v) is 6.33. The van der Waals surface area contributed by atoms with Gasteiger partial charge in [-0.05, 0) is 24.4 Å². The molecule has 0 aromatic heterocycles. The van der Waals surface area contributed by atoms with Crippen LogP contribution in [0.15, 0.2) is 47.4 Å². The van der Waals surface area contributed by atoms with Gasteiger partial charge in [0.05, 0.1) is 0 Å². The summed E-state index contributed by atoms with van der Waals surface area (Å²) in [5, 5.41) is 2.74. The minimum atomic E-state index is -0.101. The summed E-state index contributed by atoms with van der Waals surface area (Å²) in [6.07, 6.45) is 1.38. The first-order valence-electron chi connectivity index (χ1n) is 7.11. The molecule has 1 aliphatic rings. The maximum absolute atomic E-state index is 5.91. The minimum absolute atomic E-state index is 0.101. The van der Waals surface area contributed by atoms with Gasteiger partial charge in [-0.15, -0.1) is 0 Å². The Morgan fingerprint density at radius 1 is 1.15 bits per heavy atom. The number of fused-ring (bicyclic) bond motifs is 1. The molecule has 3 heteroatoms. The van der Waals surface area contributed by atoms with Crippen molar-refractivity contribution in [2.75, 3.05) is 18.6 Å². The van der Waals surface area contributed by atoms with E-state index in [1.807, 2.05) is 6.92 Å². The van der Waals surface area contributed by atoms with Crippen molar-refractivity contribution in [2.24, 2.45) is 0 Å². The zero-order chi connectivity index (χ0) is 13.9. The minimum Gasteiger partial charge on any atom is -0.356 e.